The van der Waals surface area contributed by atoms with Crippen molar-refractivity contribution >= 4 is 17.0 Å². The van der Waals surface area contributed by atoms with Gasteiger partial charge in [0.25, 0.3) is 5.56 Å². The van der Waals surface area contributed by atoms with Crippen molar-refractivity contribution in [1.82, 2.24) is 14.5 Å². The summed E-state index contributed by atoms with van der Waals surface area (Å²) in [6, 6.07) is 9.26. The molecule has 1 aromatic carbocycles. The molecule has 2 saturated heterocycles. The maximum atomic E-state index is 13.3. The van der Waals surface area contributed by atoms with Crippen LogP contribution in [0, 0.1) is 11.8 Å². The van der Waals surface area contributed by atoms with E-state index in [9.17, 15) is 14.7 Å². The second-order valence-corrected chi connectivity index (χ2v) is 11.0. The molecular weight excluding hydrogens is 414 g/mol. The minimum atomic E-state index is -1.23. The van der Waals surface area contributed by atoms with Crippen LogP contribution in [-0.2, 0) is 0 Å². The Morgan fingerprint density at radius 3 is 2.24 bits per heavy atom. The average Bonchev–Trinajstić information content (AvgIpc) is 3.11. The van der Waals surface area contributed by atoms with Crippen molar-refractivity contribution in [3.8, 4) is 0 Å². The van der Waals surface area contributed by atoms with Crippen LogP contribution < -0.4 is 5.56 Å². The highest BCUT2D eigenvalue weighted by atomic mass is 16.4. The van der Waals surface area contributed by atoms with Crippen molar-refractivity contribution < 1.29 is 9.90 Å². The zero-order valence-electron chi connectivity index (χ0n) is 19.4. The molecule has 2 aromatic rings. The molecular formula is C27H35N3O3. The van der Waals surface area contributed by atoms with Gasteiger partial charge in [-0.25, -0.2) is 9.78 Å². The summed E-state index contributed by atoms with van der Waals surface area (Å²) in [6.07, 6.45) is 15.3. The zero-order valence-corrected chi connectivity index (χ0v) is 19.4. The lowest BCUT2D eigenvalue weighted by Crippen LogP contribution is -2.58. The summed E-state index contributed by atoms with van der Waals surface area (Å²) in [4.78, 5) is 32.2. The Morgan fingerprint density at radius 1 is 0.879 bits per heavy atom. The van der Waals surface area contributed by atoms with Gasteiger partial charge in [-0.2, -0.15) is 0 Å². The number of nitrogens with zero attached hydrogens (tertiary/aromatic N) is 3. The molecule has 0 amide bonds. The Morgan fingerprint density at radius 2 is 1.55 bits per heavy atom. The number of aromatic carboxylic acids is 1. The van der Waals surface area contributed by atoms with Gasteiger partial charge in [0.2, 0.25) is 5.69 Å². The van der Waals surface area contributed by atoms with Crippen LogP contribution in [0.5, 0.6) is 0 Å². The molecule has 6 heteroatoms. The Labute approximate surface area is 195 Å². The van der Waals surface area contributed by atoms with E-state index < -0.39 is 11.5 Å². The van der Waals surface area contributed by atoms with Crippen molar-refractivity contribution in [1.29, 1.82) is 0 Å². The third-order valence-electron chi connectivity index (χ3n) is 9.25. The van der Waals surface area contributed by atoms with Crippen LogP contribution >= 0.6 is 0 Å². The molecule has 4 atom stereocenters. The van der Waals surface area contributed by atoms with Gasteiger partial charge in [-0.15, -0.1) is 0 Å². The molecule has 3 heterocycles. The third-order valence-corrected chi connectivity index (χ3v) is 9.25. The van der Waals surface area contributed by atoms with E-state index in [1.807, 2.05) is 24.3 Å². The number of fused-ring (bicyclic) bond motifs is 7. The van der Waals surface area contributed by atoms with Crippen LogP contribution in [0.4, 0.5) is 0 Å². The second-order valence-electron chi connectivity index (χ2n) is 11.0. The van der Waals surface area contributed by atoms with E-state index in [-0.39, 0.29) is 11.7 Å². The smallest absolute Gasteiger partial charge is 0.360 e. The van der Waals surface area contributed by atoms with Crippen molar-refractivity contribution in [3.05, 3.63) is 40.3 Å². The molecule has 6 nitrogen and oxygen atoms in total. The number of carboxylic acids is 1. The van der Waals surface area contributed by atoms with Gasteiger partial charge >= 0.3 is 5.97 Å². The molecule has 2 aliphatic heterocycles. The van der Waals surface area contributed by atoms with Gasteiger partial charge in [0.05, 0.1) is 11.0 Å². The summed E-state index contributed by atoms with van der Waals surface area (Å²) >= 11 is 0. The standard InChI is InChI=1S/C27H35N3O3/c31-26-25(27(32)33)28-22-12-1-2-13-23(22)30(26)21-15-19-10-5-11-20(16-21)29(19)24-14-17-6-3-8-18(24)9-4-7-17/h1-2,12-13,17-21,24H,3-11,14-16H2,(H,32,33)/t17?,18?,19-,20+,21?,24-/m0/s1. The molecule has 1 aromatic heterocycles. The largest absolute Gasteiger partial charge is 0.476 e. The number of hydrogen-bond donors (Lipinski definition) is 1. The van der Waals surface area contributed by atoms with Gasteiger partial charge < -0.3 is 9.67 Å². The van der Waals surface area contributed by atoms with Crippen LogP contribution in [0.25, 0.3) is 11.0 Å². The first-order valence-electron chi connectivity index (χ1n) is 13.1. The lowest BCUT2D eigenvalue weighted by atomic mass is 9.77. The van der Waals surface area contributed by atoms with E-state index in [0.717, 1.165) is 30.2 Å². The van der Waals surface area contributed by atoms with Crippen molar-refractivity contribution in [2.24, 2.45) is 11.8 Å². The van der Waals surface area contributed by atoms with E-state index in [1.54, 1.807) is 4.57 Å². The van der Waals surface area contributed by atoms with Crippen molar-refractivity contribution in [2.45, 2.75) is 101 Å². The third kappa shape index (κ3) is 3.71. The molecule has 4 aliphatic rings. The molecule has 6 rings (SSSR count). The molecule has 0 spiro atoms. The van der Waals surface area contributed by atoms with Gasteiger partial charge in [0.1, 0.15) is 0 Å². The highest BCUT2D eigenvalue weighted by Crippen LogP contribution is 2.47. The van der Waals surface area contributed by atoms with Crippen molar-refractivity contribution in [3.63, 3.8) is 0 Å². The number of carbonyl (C=O) groups is 1. The van der Waals surface area contributed by atoms with Gasteiger partial charge in [-0.3, -0.25) is 9.69 Å². The van der Waals surface area contributed by atoms with Crippen LogP contribution in [0.15, 0.2) is 29.1 Å². The number of piperidine rings is 2. The van der Waals surface area contributed by atoms with Gasteiger partial charge in [0, 0.05) is 24.2 Å². The Balaban J connectivity index is 1.37. The lowest BCUT2D eigenvalue weighted by molar-refractivity contribution is -0.0395. The second kappa shape index (κ2) is 8.53. The van der Waals surface area contributed by atoms with Crippen LogP contribution in [0.1, 0.15) is 93.6 Å². The number of aromatic nitrogens is 2. The first-order valence-corrected chi connectivity index (χ1v) is 13.1. The van der Waals surface area contributed by atoms with E-state index >= 15 is 0 Å². The summed E-state index contributed by atoms with van der Waals surface area (Å²) in [5.74, 6) is 0.494. The lowest BCUT2D eigenvalue weighted by Gasteiger charge is -2.54. The highest BCUT2D eigenvalue weighted by Gasteiger charge is 2.46. The molecule has 4 bridgehead atoms. The monoisotopic (exact) mass is 449 g/mol. The summed E-state index contributed by atoms with van der Waals surface area (Å²) in [5, 5.41) is 9.65. The molecule has 33 heavy (non-hydrogen) atoms. The molecule has 4 fully saturated rings. The maximum Gasteiger partial charge on any atom is 0.360 e. The van der Waals surface area contributed by atoms with E-state index in [0.29, 0.717) is 23.6 Å². The first-order chi connectivity index (χ1) is 16.1. The summed E-state index contributed by atoms with van der Waals surface area (Å²) < 4.78 is 1.79. The molecule has 176 valence electrons. The quantitative estimate of drug-likeness (QED) is 0.713. The normalized spacial score (nSPS) is 34.7. The van der Waals surface area contributed by atoms with E-state index in [4.69, 9.17) is 0 Å². The Bertz CT molecular complexity index is 1090. The number of hydrogen-bond acceptors (Lipinski definition) is 4. The van der Waals surface area contributed by atoms with Crippen LogP contribution in [0.2, 0.25) is 0 Å². The fraction of sp³-hybridized carbons (Fsp3) is 0.667. The van der Waals surface area contributed by atoms with Crippen LogP contribution in [0.3, 0.4) is 0 Å². The fourth-order valence-electron chi connectivity index (χ4n) is 7.94. The van der Waals surface area contributed by atoms with E-state index in [2.05, 4.69) is 9.88 Å². The number of carboxylic acid groups (broad SMARTS) is 1. The molecule has 1 N–H and O–H groups in total. The maximum absolute atomic E-state index is 13.3. The minimum Gasteiger partial charge on any atom is -0.476 e. The predicted molar refractivity (Wildman–Crippen MR) is 128 cm³/mol. The first kappa shape index (κ1) is 21.3. The SMILES string of the molecule is O=C(O)c1nc2ccccc2n(C2C[C@H]3CCC[C@@H](C2)N3[C@H]2CC3CCCC2CCC3)c1=O. The van der Waals surface area contributed by atoms with E-state index in [1.165, 1.54) is 64.2 Å². The van der Waals surface area contributed by atoms with Gasteiger partial charge in [-0.05, 0) is 68.9 Å². The molecule has 2 aliphatic carbocycles. The average molecular weight is 450 g/mol. The fourth-order valence-corrected chi connectivity index (χ4v) is 7.94. The van der Waals surface area contributed by atoms with Crippen molar-refractivity contribution in [2.75, 3.05) is 0 Å². The Kier molecular flexibility index (Phi) is 5.52. The number of rotatable bonds is 3. The molecule has 1 unspecified atom stereocenters. The Hall–Kier alpha value is -2.21. The summed E-state index contributed by atoms with van der Waals surface area (Å²) in [7, 11) is 0. The van der Waals surface area contributed by atoms with Crippen LogP contribution in [-0.4, -0.2) is 43.7 Å². The van der Waals surface area contributed by atoms with Gasteiger partial charge in [-0.1, -0.05) is 44.2 Å². The summed E-state index contributed by atoms with van der Waals surface area (Å²) in [5.41, 5.74) is 0.580. The predicted octanol–water partition coefficient (Wildman–Crippen LogP) is 5.01. The topological polar surface area (TPSA) is 75.4 Å². The highest BCUT2D eigenvalue weighted by molar-refractivity contribution is 5.88. The van der Waals surface area contributed by atoms with Gasteiger partial charge in [0.15, 0.2) is 0 Å². The minimum absolute atomic E-state index is 0.0419. The zero-order chi connectivity index (χ0) is 22.5. The summed E-state index contributed by atoms with van der Waals surface area (Å²) in [6.45, 7) is 0. The molecule has 0 radical (unpaired) electrons. The molecule has 2 saturated carbocycles. The number of benzene rings is 1. The number of para-hydroxylation sites is 2.